The molecule has 1 amide bonds. The van der Waals surface area contributed by atoms with Crippen molar-refractivity contribution in [3.05, 3.63) is 23.8 Å². The second kappa shape index (κ2) is 3.51. The quantitative estimate of drug-likeness (QED) is 0.725. The normalized spacial score (nSPS) is 18.2. The van der Waals surface area contributed by atoms with Gasteiger partial charge >= 0.3 is 0 Å². The maximum Gasteiger partial charge on any atom is 0.232 e. The van der Waals surface area contributed by atoms with E-state index < -0.39 is 0 Å². The zero-order valence-electron chi connectivity index (χ0n) is 10.2. The van der Waals surface area contributed by atoms with Gasteiger partial charge < -0.3 is 9.64 Å². The molecule has 0 atom stereocenters. The van der Waals surface area contributed by atoms with Crippen molar-refractivity contribution in [2.75, 3.05) is 19.1 Å². The maximum absolute atomic E-state index is 12.1. The van der Waals surface area contributed by atoms with E-state index in [-0.39, 0.29) is 11.3 Å². The predicted molar refractivity (Wildman–Crippen MR) is 63.9 cm³/mol. The van der Waals surface area contributed by atoms with Gasteiger partial charge in [-0.05, 0) is 30.2 Å². The molecule has 3 heteroatoms. The average molecular weight is 219 g/mol. The van der Waals surface area contributed by atoms with E-state index in [4.69, 9.17) is 4.74 Å². The van der Waals surface area contributed by atoms with E-state index in [0.29, 0.717) is 0 Å². The summed E-state index contributed by atoms with van der Waals surface area (Å²) in [5, 5.41) is 0. The van der Waals surface area contributed by atoms with Crippen LogP contribution < -0.4 is 9.64 Å². The molecule has 1 aromatic carbocycles. The zero-order chi connectivity index (χ0) is 11.9. The number of hydrogen-bond acceptors (Lipinski definition) is 2. The van der Waals surface area contributed by atoms with Gasteiger partial charge in [-0.15, -0.1) is 0 Å². The van der Waals surface area contributed by atoms with Crippen LogP contribution in [0.2, 0.25) is 0 Å². The molecule has 0 unspecified atom stereocenters. The second-order valence-corrected chi connectivity index (χ2v) is 4.92. The molecule has 0 saturated carbocycles. The van der Waals surface area contributed by atoms with Crippen molar-refractivity contribution in [1.29, 1.82) is 0 Å². The lowest BCUT2D eigenvalue weighted by Gasteiger charge is -2.36. The van der Waals surface area contributed by atoms with Crippen LogP contribution in [0, 0.1) is 5.41 Å². The summed E-state index contributed by atoms with van der Waals surface area (Å²) in [5.41, 5.74) is 1.84. The molecular weight excluding hydrogens is 202 g/mol. The SMILES string of the molecule is COc1ccc2c(c1)CC(C)(C)C(=O)N2C. The van der Waals surface area contributed by atoms with Crippen molar-refractivity contribution in [2.24, 2.45) is 5.41 Å². The fraction of sp³-hybridized carbons (Fsp3) is 0.462. The molecule has 3 nitrogen and oxygen atoms in total. The standard InChI is InChI=1S/C13H17NO2/c1-13(2)8-9-7-10(16-4)5-6-11(9)14(3)12(13)15/h5-7H,8H2,1-4H3. The van der Waals surface area contributed by atoms with Gasteiger partial charge in [0.1, 0.15) is 5.75 Å². The third kappa shape index (κ3) is 1.56. The molecule has 1 heterocycles. The molecule has 0 aromatic heterocycles. The van der Waals surface area contributed by atoms with Crippen LogP contribution in [0.15, 0.2) is 18.2 Å². The van der Waals surface area contributed by atoms with Crippen molar-refractivity contribution >= 4 is 11.6 Å². The van der Waals surface area contributed by atoms with Crippen LogP contribution in [0.3, 0.4) is 0 Å². The Morgan fingerprint density at radius 1 is 1.38 bits per heavy atom. The van der Waals surface area contributed by atoms with Gasteiger partial charge in [-0.25, -0.2) is 0 Å². The monoisotopic (exact) mass is 219 g/mol. The molecule has 0 fully saturated rings. The summed E-state index contributed by atoms with van der Waals surface area (Å²) in [5.74, 6) is 1.02. The summed E-state index contributed by atoms with van der Waals surface area (Å²) < 4.78 is 5.21. The molecular formula is C13H17NO2. The molecule has 0 aliphatic carbocycles. The Morgan fingerprint density at radius 3 is 2.69 bits per heavy atom. The van der Waals surface area contributed by atoms with Crippen LogP contribution in [-0.2, 0) is 11.2 Å². The lowest BCUT2D eigenvalue weighted by Crippen LogP contribution is -2.44. The second-order valence-electron chi connectivity index (χ2n) is 4.92. The summed E-state index contributed by atoms with van der Waals surface area (Å²) in [6, 6.07) is 5.85. The Bertz CT molecular complexity index is 438. The molecule has 2 rings (SSSR count). The van der Waals surface area contributed by atoms with Crippen molar-refractivity contribution in [3.63, 3.8) is 0 Å². The highest BCUT2D eigenvalue weighted by molar-refractivity contribution is 5.99. The first-order chi connectivity index (χ1) is 7.45. The van der Waals surface area contributed by atoms with Crippen molar-refractivity contribution < 1.29 is 9.53 Å². The van der Waals surface area contributed by atoms with E-state index in [1.807, 2.05) is 39.1 Å². The first kappa shape index (κ1) is 11.0. The fourth-order valence-electron chi connectivity index (χ4n) is 2.27. The zero-order valence-corrected chi connectivity index (χ0v) is 10.2. The minimum Gasteiger partial charge on any atom is -0.497 e. The summed E-state index contributed by atoms with van der Waals surface area (Å²) in [7, 11) is 3.49. The number of fused-ring (bicyclic) bond motifs is 1. The predicted octanol–water partition coefficient (Wildman–Crippen LogP) is 2.24. The molecule has 1 aliphatic heterocycles. The Labute approximate surface area is 96.0 Å². The van der Waals surface area contributed by atoms with Crippen molar-refractivity contribution in [3.8, 4) is 5.75 Å². The van der Waals surface area contributed by atoms with Gasteiger partial charge in [0, 0.05) is 18.2 Å². The first-order valence-corrected chi connectivity index (χ1v) is 5.41. The largest absolute Gasteiger partial charge is 0.497 e. The molecule has 0 N–H and O–H groups in total. The highest BCUT2D eigenvalue weighted by atomic mass is 16.5. The molecule has 1 aromatic rings. The first-order valence-electron chi connectivity index (χ1n) is 5.41. The van der Waals surface area contributed by atoms with Crippen LogP contribution in [0.5, 0.6) is 5.75 Å². The van der Waals surface area contributed by atoms with Crippen LogP contribution in [0.1, 0.15) is 19.4 Å². The molecule has 0 radical (unpaired) electrons. The fourth-order valence-corrected chi connectivity index (χ4v) is 2.27. The van der Waals surface area contributed by atoms with Crippen molar-refractivity contribution in [1.82, 2.24) is 0 Å². The van der Waals surface area contributed by atoms with Crippen LogP contribution in [-0.4, -0.2) is 20.1 Å². The molecule has 0 bridgehead atoms. The summed E-state index contributed by atoms with van der Waals surface area (Å²) in [4.78, 5) is 13.8. The summed E-state index contributed by atoms with van der Waals surface area (Å²) in [6.45, 7) is 3.96. The Kier molecular flexibility index (Phi) is 2.41. The molecule has 16 heavy (non-hydrogen) atoms. The number of benzene rings is 1. The highest BCUT2D eigenvalue weighted by Gasteiger charge is 2.37. The number of anilines is 1. The molecule has 0 spiro atoms. The lowest BCUT2D eigenvalue weighted by atomic mass is 9.80. The molecule has 1 aliphatic rings. The summed E-state index contributed by atoms with van der Waals surface area (Å²) >= 11 is 0. The van der Waals surface area contributed by atoms with Gasteiger partial charge in [-0.3, -0.25) is 4.79 Å². The molecule has 86 valence electrons. The number of hydrogen-bond donors (Lipinski definition) is 0. The average Bonchev–Trinajstić information content (AvgIpc) is 2.25. The highest BCUT2D eigenvalue weighted by Crippen LogP contribution is 2.37. The van der Waals surface area contributed by atoms with E-state index in [9.17, 15) is 4.79 Å². The van der Waals surface area contributed by atoms with E-state index in [2.05, 4.69) is 0 Å². The smallest absolute Gasteiger partial charge is 0.232 e. The third-order valence-corrected chi connectivity index (χ3v) is 3.16. The number of methoxy groups -OCH3 is 1. The van der Waals surface area contributed by atoms with E-state index >= 15 is 0 Å². The van der Waals surface area contributed by atoms with Gasteiger partial charge in [-0.2, -0.15) is 0 Å². The van der Waals surface area contributed by atoms with Gasteiger partial charge in [0.05, 0.1) is 7.11 Å². The van der Waals surface area contributed by atoms with Crippen LogP contribution in [0.4, 0.5) is 5.69 Å². The minimum absolute atomic E-state index is 0.171. The summed E-state index contributed by atoms with van der Waals surface area (Å²) in [6.07, 6.45) is 0.767. The topological polar surface area (TPSA) is 29.5 Å². The minimum atomic E-state index is -0.325. The van der Waals surface area contributed by atoms with E-state index in [1.165, 1.54) is 5.56 Å². The number of carbonyl (C=O) groups is 1. The van der Waals surface area contributed by atoms with Gasteiger partial charge in [0.15, 0.2) is 0 Å². The third-order valence-electron chi connectivity index (χ3n) is 3.16. The lowest BCUT2D eigenvalue weighted by molar-refractivity contribution is -0.126. The number of rotatable bonds is 1. The maximum atomic E-state index is 12.1. The number of nitrogens with zero attached hydrogens (tertiary/aromatic N) is 1. The van der Waals surface area contributed by atoms with Crippen molar-refractivity contribution in [2.45, 2.75) is 20.3 Å². The van der Waals surface area contributed by atoms with Gasteiger partial charge in [0.25, 0.3) is 0 Å². The number of carbonyl (C=O) groups excluding carboxylic acids is 1. The number of amides is 1. The number of ether oxygens (including phenoxy) is 1. The van der Waals surface area contributed by atoms with Gasteiger partial charge in [-0.1, -0.05) is 13.8 Å². The van der Waals surface area contributed by atoms with Crippen LogP contribution in [0.25, 0.3) is 0 Å². The Morgan fingerprint density at radius 2 is 2.06 bits per heavy atom. The van der Waals surface area contributed by atoms with Gasteiger partial charge in [0.2, 0.25) is 5.91 Å². The Hall–Kier alpha value is -1.51. The van der Waals surface area contributed by atoms with E-state index in [1.54, 1.807) is 12.0 Å². The van der Waals surface area contributed by atoms with Crippen LogP contribution >= 0.6 is 0 Å². The van der Waals surface area contributed by atoms with E-state index in [0.717, 1.165) is 17.9 Å². The molecule has 0 saturated heterocycles. The Balaban J connectivity index is 2.51.